The van der Waals surface area contributed by atoms with Gasteiger partial charge in [-0.2, -0.15) is 23.5 Å². The molecule has 2 fully saturated rings. The summed E-state index contributed by atoms with van der Waals surface area (Å²) in [6.07, 6.45) is 3.21. The van der Waals surface area contributed by atoms with Crippen molar-refractivity contribution in [2.75, 3.05) is 52.9 Å². The Labute approximate surface area is 606 Å². The maximum absolute atomic E-state index is 16.0. The molecule has 2 saturated heterocycles. The number of aromatic nitrogens is 1. The van der Waals surface area contributed by atoms with Gasteiger partial charge in [0.25, 0.3) is 0 Å². The van der Waals surface area contributed by atoms with Crippen molar-refractivity contribution in [3.63, 3.8) is 0 Å². The summed E-state index contributed by atoms with van der Waals surface area (Å²) >= 11 is 2.95. The lowest BCUT2D eigenvalue weighted by molar-refractivity contribution is -0.149. The molecule has 0 aliphatic carbocycles. The Morgan fingerprint density at radius 2 is 1.20 bits per heavy atom. The van der Waals surface area contributed by atoms with Gasteiger partial charge >= 0.3 is 0 Å². The summed E-state index contributed by atoms with van der Waals surface area (Å²) in [6, 6.07) is 25.4. The van der Waals surface area contributed by atoms with Gasteiger partial charge in [0.05, 0.1) is 13.2 Å². The van der Waals surface area contributed by atoms with Crippen LogP contribution in [0.2, 0.25) is 0 Å². The van der Waals surface area contributed by atoms with Gasteiger partial charge in [0.1, 0.15) is 60.1 Å². The molecule has 6 aromatic rings. The molecule has 7 N–H and O–H groups in total. The molecular formula is C77H99N11O12S2. The topological polar surface area (TPSA) is 293 Å². The lowest BCUT2D eigenvalue weighted by atomic mass is 9.97. The largest absolute Gasteiger partial charge is 0.497 e. The van der Waals surface area contributed by atoms with Crippen LogP contribution in [0.15, 0.2) is 121 Å². The number of carbonyl (C=O) groups is 10. The fourth-order valence-corrected chi connectivity index (χ4v) is 15.8. The van der Waals surface area contributed by atoms with Crippen molar-refractivity contribution in [1.82, 2.24) is 50.8 Å². The molecule has 102 heavy (non-hydrogen) atoms. The van der Waals surface area contributed by atoms with E-state index < -0.39 is 114 Å². The first kappa shape index (κ1) is 77.2. The summed E-state index contributed by atoms with van der Waals surface area (Å²) in [4.78, 5) is 154. The number of nitrogens with one attached hydrogen (secondary N) is 5. The molecule has 1 aromatic heterocycles. The van der Waals surface area contributed by atoms with Gasteiger partial charge in [-0.1, -0.05) is 124 Å². The fraction of sp³-hybridized carbons (Fsp3) is 0.481. The minimum Gasteiger partial charge on any atom is -0.497 e. The van der Waals surface area contributed by atoms with Crippen molar-refractivity contribution >= 4 is 104 Å². The lowest BCUT2D eigenvalue weighted by Gasteiger charge is -2.36. The second-order valence-electron chi connectivity index (χ2n) is 27.4. The third kappa shape index (κ3) is 19.6. The highest BCUT2D eigenvalue weighted by molar-refractivity contribution is 7.98. The number of rotatable bonds is 14. The van der Waals surface area contributed by atoms with E-state index in [1.165, 1.54) is 52.6 Å². The van der Waals surface area contributed by atoms with Crippen LogP contribution >= 0.6 is 23.5 Å². The van der Waals surface area contributed by atoms with E-state index in [1.807, 2.05) is 130 Å². The van der Waals surface area contributed by atoms with Crippen molar-refractivity contribution < 1.29 is 57.4 Å². The number of aryl methyl sites for hydroxylation is 1. The first-order valence-electron chi connectivity index (χ1n) is 35.3. The van der Waals surface area contributed by atoms with Gasteiger partial charge in [0.15, 0.2) is 0 Å². The molecule has 4 heterocycles. The number of thioether (sulfide) groups is 2. The Morgan fingerprint density at radius 1 is 0.598 bits per heavy atom. The summed E-state index contributed by atoms with van der Waals surface area (Å²) in [5.41, 5.74) is 10.8. The Balaban J connectivity index is 1.08. The smallest absolute Gasteiger partial charge is 0.246 e. The number of hydrogen-bond acceptors (Lipinski definition) is 14. The molecule has 10 atom stereocenters. The average molecular weight is 1430 g/mol. The summed E-state index contributed by atoms with van der Waals surface area (Å²) in [5, 5.41) is 17.4. The van der Waals surface area contributed by atoms with Crippen molar-refractivity contribution in [3.05, 3.63) is 149 Å². The summed E-state index contributed by atoms with van der Waals surface area (Å²) in [5.74, 6) is -3.96. The summed E-state index contributed by atoms with van der Waals surface area (Å²) in [7, 11) is 7.85. The van der Waals surface area contributed by atoms with Gasteiger partial charge in [0.2, 0.25) is 59.1 Å². The van der Waals surface area contributed by atoms with E-state index in [0.717, 1.165) is 38.4 Å². The minimum absolute atomic E-state index is 0.0199. The Morgan fingerprint density at radius 3 is 1.86 bits per heavy atom. The second-order valence-corrected chi connectivity index (χ2v) is 29.6. The van der Waals surface area contributed by atoms with Crippen LogP contribution in [0.1, 0.15) is 107 Å². The third-order valence-electron chi connectivity index (χ3n) is 19.6. The third-order valence-corrected chi connectivity index (χ3v) is 21.8. The molecule has 3 aliphatic rings. The normalized spacial score (nSPS) is 23.8. The summed E-state index contributed by atoms with van der Waals surface area (Å²) in [6.45, 7) is 7.62. The number of methoxy groups -OCH3 is 2. The number of primary amides is 1. The van der Waals surface area contributed by atoms with Gasteiger partial charge in [-0.15, -0.1) is 0 Å². The standard InChI is InChI=1S/C77H99N11O12S2/c1-10-18-58-74(95)85(6)65(37-47(2)3)72(93)80-59(41-50-27-30-53-21-11-12-22-54(53)39-50)75(96)86(7)66(42-55-43-84(5)62-24-14-13-23-57(55)62)77(98)88-35-17-26-64(88)71(92)83-68(48(4)99-8)73(94)81-60(40-49-28-31-56(100-9)32-29-49)76(97)87-34-16-25-63(87)70(91)82-61(69(78)90)46-102-45-52-20-15-19-51(38-52)44-101-36-33-67(89)79-58/h11-15,19-24,27-32,38-39,43,47-48,58-61,63-66,68H,10,16-18,25-26,33-37,40-42,44-46H2,1-9H3,(H2,78,90)(H,79,89)(H,80,93)(H,81,94)(H,82,91)(H,83,92)/t48-,58+,59+,60+,61+,63+,64+,65-,66+,68+/m1/s1. The number of amides is 10. The van der Waals surface area contributed by atoms with E-state index in [9.17, 15) is 19.2 Å². The number of nitrogens with two attached hydrogens (primary N) is 1. The molecule has 10 amide bonds. The molecule has 0 saturated carbocycles. The van der Waals surface area contributed by atoms with Crippen LogP contribution in [0.5, 0.6) is 5.75 Å². The zero-order valence-corrected chi connectivity index (χ0v) is 61.6. The van der Waals surface area contributed by atoms with Gasteiger partial charge in [-0.3, -0.25) is 47.9 Å². The van der Waals surface area contributed by atoms with Crippen molar-refractivity contribution in [2.24, 2.45) is 18.7 Å². The van der Waals surface area contributed by atoms with Gasteiger partial charge in [0, 0.05) is 107 Å². The molecule has 0 unspecified atom stereocenters. The molecule has 5 aromatic carbocycles. The molecule has 9 rings (SSSR count). The van der Waals surface area contributed by atoms with Crippen LogP contribution < -0.4 is 37.1 Å². The maximum atomic E-state index is 16.0. The molecule has 546 valence electrons. The number of fused-ring (bicyclic) bond motifs is 6. The van der Waals surface area contributed by atoms with Crippen LogP contribution in [-0.2, 0) is 90.5 Å². The predicted molar refractivity (Wildman–Crippen MR) is 397 cm³/mol. The van der Waals surface area contributed by atoms with Crippen molar-refractivity contribution in [1.29, 1.82) is 0 Å². The number of ether oxygens (including phenoxy) is 2. The van der Waals surface area contributed by atoms with E-state index >= 15 is 28.8 Å². The van der Waals surface area contributed by atoms with Gasteiger partial charge in [-0.05, 0) is 108 Å². The molecule has 23 nitrogen and oxygen atoms in total. The van der Waals surface area contributed by atoms with E-state index in [2.05, 4.69) is 26.6 Å². The highest BCUT2D eigenvalue weighted by atomic mass is 32.2. The molecule has 25 heteroatoms. The monoisotopic (exact) mass is 1430 g/mol. The van der Waals surface area contributed by atoms with Gasteiger partial charge < -0.3 is 66.0 Å². The van der Waals surface area contributed by atoms with E-state index in [4.69, 9.17) is 15.2 Å². The highest BCUT2D eigenvalue weighted by Crippen LogP contribution is 2.29. The number of carbonyl (C=O) groups excluding carboxylic acids is 10. The first-order valence-corrected chi connectivity index (χ1v) is 37.6. The number of likely N-dealkylation sites (N-methyl/N-ethyl adjacent to an activating group) is 2. The Kier molecular flexibility index (Phi) is 27.5. The number of para-hydroxylation sites is 1. The average Bonchev–Trinajstić information content (AvgIpc) is 1.58. The lowest BCUT2D eigenvalue weighted by Crippen LogP contribution is -2.62. The quantitative estimate of drug-likeness (QED) is 0.0692. The predicted octanol–water partition coefficient (Wildman–Crippen LogP) is 6.36. The van der Waals surface area contributed by atoms with E-state index in [1.54, 1.807) is 50.0 Å². The molecule has 2 bridgehead atoms. The number of nitrogens with zero attached hydrogens (tertiary/aromatic N) is 5. The van der Waals surface area contributed by atoms with Crippen LogP contribution in [-0.4, -0.2) is 197 Å². The SMILES string of the molecule is CCC[C@@H]1NC(=O)CCSCc2cccc(c2)CSC[C@@H](C(N)=O)NC(=O)[C@@H]2CCCN2C(=O)[C@H](Cc2ccc(OC)cc2)NC(=O)[C@H]([C@@H](C)OC)NC(=O)[C@@H]2CCCN2C(=O)[C@H](Cc2cn(C)c3ccccc23)N(C)C(=O)[C@H](Cc2ccc3ccccc3c2)NC(=O)[C@@H](CC(C)C)N(C)C1=O. The van der Waals surface area contributed by atoms with Crippen LogP contribution in [0.3, 0.4) is 0 Å². The molecule has 3 aliphatic heterocycles. The van der Waals surface area contributed by atoms with Crippen molar-refractivity contribution in [3.8, 4) is 5.75 Å². The van der Waals surface area contributed by atoms with Crippen LogP contribution in [0.25, 0.3) is 21.7 Å². The molecule has 0 spiro atoms. The maximum Gasteiger partial charge on any atom is 0.246 e. The van der Waals surface area contributed by atoms with Gasteiger partial charge in [-0.25, -0.2) is 0 Å². The Bertz CT molecular complexity index is 3980. The molecule has 0 radical (unpaired) electrons. The van der Waals surface area contributed by atoms with Crippen molar-refractivity contribution in [2.45, 2.75) is 170 Å². The Hall–Kier alpha value is -8.94. The first-order chi connectivity index (χ1) is 49.0. The van der Waals surface area contributed by atoms with E-state index in [0.29, 0.717) is 59.8 Å². The summed E-state index contributed by atoms with van der Waals surface area (Å²) < 4.78 is 13.1. The minimum atomic E-state index is -1.44. The molecular weight excluding hydrogens is 1340 g/mol. The second kappa shape index (κ2) is 36.3. The highest BCUT2D eigenvalue weighted by Gasteiger charge is 2.45. The zero-order chi connectivity index (χ0) is 73.3. The van der Waals surface area contributed by atoms with Crippen LogP contribution in [0.4, 0.5) is 0 Å². The van der Waals surface area contributed by atoms with Crippen LogP contribution in [0, 0.1) is 5.92 Å². The number of benzene rings is 5. The zero-order valence-electron chi connectivity index (χ0n) is 59.9. The fourth-order valence-electron chi connectivity index (χ4n) is 13.9. The van der Waals surface area contributed by atoms with E-state index in [-0.39, 0.29) is 75.6 Å². The number of hydrogen-bond donors (Lipinski definition) is 6.